The second kappa shape index (κ2) is 9.32. The van der Waals surface area contributed by atoms with Gasteiger partial charge in [-0.25, -0.2) is 4.98 Å². The molecule has 1 heterocycles. The van der Waals surface area contributed by atoms with E-state index in [1.54, 1.807) is 24.3 Å². The molecule has 31 heavy (non-hydrogen) atoms. The van der Waals surface area contributed by atoms with Crippen LogP contribution in [0.3, 0.4) is 0 Å². The molecule has 0 aliphatic heterocycles. The molecular weight excluding hydrogens is 410 g/mol. The zero-order chi connectivity index (χ0) is 21.6. The highest BCUT2D eigenvalue weighted by Crippen LogP contribution is 2.35. The van der Waals surface area contributed by atoms with Gasteiger partial charge in [-0.1, -0.05) is 84.6 Å². The second-order valence-electron chi connectivity index (χ2n) is 6.64. The average molecular weight is 430 g/mol. The van der Waals surface area contributed by atoms with Crippen LogP contribution in [0.4, 0.5) is 5.69 Å². The Balaban J connectivity index is 1.54. The van der Waals surface area contributed by atoms with E-state index in [1.807, 2.05) is 60.7 Å². The van der Waals surface area contributed by atoms with Crippen molar-refractivity contribution in [1.29, 1.82) is 0 Å². The minimum atomic E-state index is -0.601. The highest BCUT2D eigenvalue weighted by atomic mass is 32.2. The molecule has 4 rings (SSSR count). The zero-order valence-corrected chi connectivity index (χ0v) is 17.3. The number of primary amides is 1. The summed E-state index contributed by atoms with van der Waals surface area (Å²) in [6.07, 6.45) is 0. The topological polar surface area (TPSA) is 98.2 Å². The number of nitrogens with one attached hydrogen (secondary N) is 1. The number of nitrogens with two attached hydrogens (primary N) is 1. The predicted molar refractivity (Wildman–Crippen MR) is 122 cm³/mol. The van der Waals surface area contributed by atoms with Crippen LogP contribution in [0.25, 0.3) is 22.6 Å². The number of carbonyl (C=O) groups is 2. The average Bonchev–Trinajstić information content (AvgIpc) is 3.23. The Morgan fingerprint density at radius 2 is 1.48 bits per heavy atom. The van der Waals surface area contributed by atoms with E-state index >= 15 is 0 Å². The summed E-state index contributed by atoms with van der Waals surface area (Å²) in [7, 11) is 0. The number of hydrogen-bond donors (Lipinski definition) is 2. The molecule has 6 nitrogen and oxygen atoms in total. The summed E-state index contributed by atoms with van der Waals surface area (Å²) < 4.78 is 6.02. The second-order valence-corrected chi connectivity index (χ2v) is 7.56. The zero-order valence-electron chi connectivity index (χ0n) is 16.4. The number of rotatable bonds is 7. The number of thioether (sulfide) groups is 1. The Bertz CT molecular complexity index is 1150. The van der Waals surface area contributed by atoms with Crippen molar-refractivity contribution >= 4 is 29.3 Å². The fourth-order valence-corrected chi connectivity index (χ4v) is 3.68. The Morgan fingerprint density at radius 1 is 0.871 bits per heavy atom. The fraction of sp³-hybridized carbons (Fsp3) is 0.0417. The third kappa shape index (κ3) is 4.84. The van der Waals surface area contributed by atoms with Crippen molar-refractivity contribution in [3.05, 3.63) is 90.5 Å². The van der Waals surface area contributed by atoms with Gasteiger partial charge in [-0.15, -0.1) is 0 Å². The first-order valence-electron chi connectivity index (χ1n) is 9.55. The summed E-state index contributed by atoms with van der Waals surface area (Å²) in [6, 6.07) is 26.1. The van der Waals surface area contributed by atoms with E-state index in [4.69, 9.17) is 10.2 Å². The summed E-state index contributed by atoms with van der Waals surface area (Å²) in [5, 5.41) is 3.10. The van der Waals surface area contributed by atoms with Gasteiger partial charge in [0.25, 0.3) is 11.1 Å². The molecule has 3 aromatic carbocycles. The van der Waals surface area contributed by atoms with Crippen molar-refractivity contribution in [2.45, 2.75) is 5.22 Å². The Kier molecular flexibility index (Phi) is 6.14. The standard InChI is InChI=1S/C24H19N3O3S/c25-23(29)18-13-7-8-14-19(18)26-20(28)15-31-24-27-21(16-9-3-1-4-10-16)22(30-24)17-11-5-2-6-12-17/h1-14H,15H2,(H2,25,29)(H,26,28). The molecule has 0 aliphatic carbocycles. The van der Waals surface area contributed by atoms with Gasteiger partial charge >= 0.3 is 0 Å². The van der Waals surface area contributed by atoms with Gasteiger partial charge in [0.2, 0.25) is 5.91 Å². The molecule has 4 aromatic rings. The van der Waals surface area contributed by atoms with E-state index in [-0.39, 0.29) is 17.2 Å². The molecule has 1 aromatic heterocycles. The summed E-state index contributed by atoms with van der Waals surface area (Å²) in [4.78, 5) is 28.6. The maximum Gasteiger partial charge on any atom is 0.257 e. The molecule has 0 unspecified atom stereocenters. The van der Waals surface area contributed by atoms with Crippen LogP contribution >= 0.6 is 11.8 Å². The summed E-state index contributed by atoms with van der Waals surface area (Å²) in [5.74, 6) is -0.180. The first-order valence-corrected chi connectivity index (χ1v) is 10.5. The van der Waals surface area contributed by atoms with Gasteiger partial charge in [-0.05, 0) is 12.1 Å². The smallest absolute Gasteiger partial charge is 0.257 e. The Hall–Kier alpha value is -3.84. The van der Waals surface area contributed by atoms with Crippen LogP contribution in [0.1, 0.15) is 10.4 Å². The minimum Gasteiger partial charge on any atom is -0.431 e. The fourth-order valence-electron chi connectivity index (χ4n) is 3.06. The highest BCUT2D eigenvalue weighted by Gasteiger charge is 2.18. The molecule has 2 amide bonds. The van der Waals surface area contributed by atoms with Crippen LogP contribution in [-0.2, 0) is 4.79 Å². The third-order valence-electron chi connectivity index (χ3n) is 4.48. The third-order valence-corrected chi connectivity index (χ3v) is 5.31. The highest BCUT2D eigenvalue weighted by molar-refractivity contribution is 7.99. The summed E-state index contributed by atoms with van der Waals surface area (Å²) in [6.45, 7) is 0. The van der Waals surface area contributed by atoms with Gasteiger partial charge in [0, 0.05) is 11.1 Å². The molecule has 0 bridgehead atoms. The maximum absolute atomic E-state index is 12.4. The number of amides is 2. The van der Waals surface area contributed by atoms with Crippen molar-refractivity contribution < 1.29 is 14.0 Å². The van der Waals surface area contributed by atoms with Crippen molar-refractivity contribution in [3.63, 3.8) is 0 Å². The van der Waals surface area contributed by atoms with Crippen molar-refractivity contribution in [2.75, 3.05) is 11.1 Å². The molecule has 0 atom stereocenters. The number of benzene rings is 3. The van der Waals surface area contributed by atoms with Gasteiger partial charge in [0.15, 0.2) is 5.76 Å². The van der Waals surface area contributed by atoms with E-state index in [9.17, 15) is 9.59 Å². The van der Waals surface area contributed by atoms with Gasteiger partial charge < -0.3 is 15.5 Å². The number of para-hydroxylation sites is 1. The lowest BCUT2D eigenvalue weighted by Crippen LogP contribution is -2.19. The van der Waals surface area contributed by atoms with Gasteiger partial charge in [-0.2, -0.15) is 0 Å². The normalized spacial score (nSPS) is 10.6. The lowest BCUT2D eigenvalue weighted by atomic mass is 10.1. The number of anilines is 1. The number of aromatic nitrogens is 1. The SMILES string of the molecule is NC(=O)c1ccccc1NC(=O)CSc1nc(-c2ccccc2)c(-c2ccccc2)o1. The summed E-state index contributed by atoms with van der Waals surface area (Å²) >= 11 is 1.18. The number of oxazole rings is 1. The molecule has 0 saturated heterocycles. The molecule has 0 fully saturated rings. The molecule has 0 saturated carbocycles. The molecule has 7 heteroatoms. The monoisotopic (exact) mass is 429 g/mol. The minimum absolute atomic E-state index is 0.0655. The number of carbonyl (C=O) groups excluding carboxylic acids is 2. The molecule has 0 spiro atoms. The molecule has 154 valence electrons. The lowest BCUT2D eigenvalue weighted by Gasteiger charge is -2.07. The molecular formula is C24H19N3O3S. The largest absolute Gasteiger partial charge is 0.431 e. The maximum atomic E-state index is 12.4. The van der Waals surface area contributed by atoms with E-state index in [2.05, 4.69) is 10.3 Å². The van der Waals surface area contributed by atoms with Crippen LogP contribution in [-0.4, -0.2) is 22.6 Å². The Morgan fingerprint density at radius 3 is 2.16 bits per heavy atom. The van der Waals surface area contributed by atoms with Gasteiger partial charge in [0.05, 0.1) is 17.0 Å². The van der Waals surface area contributed by atoms with Crippen molar-refractivity contribution in [3.8, 4) is 22.6 Å². The quantitative estimate of drug-likeness (QED) is 0.410. The van der Waals surface area contributed by atoms with E-state index in [1.165, 1.54) is 11.8 Å². The first-order chi connectivity index (χ1) is 15.1. The van der Waals surface area contributed by atoms with E-state index in [0.717, 1.165) is 11.1 Å². The van der Waals surface area contributed by atoms with Crippen LogP contribution in [0, 0.1) is 0 Å². The van der Waals surface area contributed by atoms with Crippen molar-refractivity contribution in [2.24, 2.45) is 5.73 Å². The lowest BCUT2D eigenvalue weighted by molar-refractivity contribution is -0.113. The number of hydrogen-bond acceptors (Lipinski definition) is 5. The van der Waals surface area contributed by atoms with Crippen LogP contribution in [0.15, 0.2) is 94.6 Å². The van der Waals surface area contributed by atoms with E-state index < -0.39 is 5.91 Å². The van der Waals surface area contributed by atoms with E-state index in [0.29, 0.717) is 22.4 Å². The predicted octanol–water partition coefficient (Wildman–Crippen LogP) is 4.84. The Labute approximate surface area is 183 Å². The summed E-state index contributed by atoms with van der Waals surface area (Å²) in [5.41, 5.74) is 8.55. The first kappa shape index (κ1) is 20.4. The molecule has 0 aliphatic rings. The molecule has 0 radical (unpaired) electrons. The van der Waals surface area contributed by atoms with Crippen molar-refractivity contribution in [1.82, 2.24) is 4.98 Å². The van der Waals surface area contributed by atoms with Crippen LogP contribution in [0.2, 0.25) is 0 Å². The van der Waals surface area contributed by atoms with Gasteiger partial charge in [-0.3, -0.25) is 9.59 Å². The molecule has 3 N–H and O–H groups in total. The van der Waals surface area contributed by atoms with Gasteiger partial charge in [0.1, 0.15) is 5.69 Å². The number of nitrogens with zero attached hydrogens (tertiary/aromatic N) is 1. The van der Waals surface area contributed by atoms with Crippen LogP contribution in [0.5, 0.6) is 0 Å². The van der Waals surface area contributed by atoms with Crippen LogP contribution < -0.4 is 11.1 Å².